The highest BCUT2D eigenvalue weighted by Gasteiger charge is 2.56. The first-order chi connectivity index (χ1) is 9.58. The van der Waals surface area contributed by atoms with Gasteiger partial charge in [0.2, 0.25) is 11.8 Å². The van der Waals surface area contributed by atoms with Crippen molar-refractivity contribution in [1.82, 2.24) is 10.6 Å². The highest BCUT2D eigenvalue weighted by atomic mass is 16.2. The number of benzene rings is 1. The van der Waals surface area contributed by atoms with E-state index in [9.17, 15) is 9.59 Å². The van der Waals surface area contributed by atoms with Crippen LogP contribution in [-0.2, 0) is 16.0 Å². The van der Waals surface area contributed by atoms with Crippen LogP contribution in [0.2, 0.25) is 0 Å². The van der Waals surface area contributed by atoms with Gasteiger partial charge in [0.1, 0.15) is 5.41 Å². The summed E-state index contributed by atoms with van der Waals surface area (Å²) in [6.45, 7) is 0. The molecule has 1 aromatic rings. The molecule has 0 radical (unpaired) electrons. The molecule has 0 saturated heterocycles. The van der Waals surface area contributed by atoms with Gasteiger partial charge in [0.25, 0.3) is 0 Å². The Kier molecular flexibility index (Phi) is 3.01. The van der Waals surface area contributed by atoms with Crippen molar-refractivity contribution in [2.75, 3.05) is 7.05 Å². The van der Waals surface area contributed by atoms with E-state index in [0.717, 1.165) is 12.0 Å². The van der Waals surface area contributed by atoms with Crippen LogP contribution in [0.4, 0.5) is 0 Å². The first kappa shape index (κ1) is 13.1. The highest BCUT2D eigenvalue weighted by Crippen LogP contribution is 2.46. The number of nitrogens with one attached hydrogen (secondary N) is 2. The number of carbonyl (C=O) groups is 2. The van der Waals surface area contributed by atoms with Crippen molar-refractivity contribution in [3.05, 3.63) is 35.4 Å². The molecule has 0 bridgehead atoms. The smallest absolute Gasteiger partial charge is 0.235 e. The molecular formula is C15H19N3O2. The van der Waals surface area contributed by atoms with Crippen molar-refractivity contribution in [2.24, 2.45) is 11.1 Å². The molecule has 0 aromatic heterocycles. The molecule has 5 heteroatoms. The second-order valence-electron chi connectivity index (χ2n) is 5.67. The topological polar surface area (TPSA) is 84.2 Å². The van der Waals surface area contributed by atoms with E-state index >= 15 is 0 Å². The molecule has 0 aliphatic heterocycles. The normalized spacial score (nSPS) is 25.7. The Balaban J connectivity index is 1.72. The van der Waals surface area contributed by atoms with E-state index < -0.39 is 5.41 Å². The number of fused-ring (bicyclic) bond motifs is 1. The van der Waals surface area contributed by atoms with E-state index in [1.807, 2.05) is 24.3 Å². The van der Waals surface area contributed by atoms with Gasteiger partial charge in [-0.3, -0.25) is 9.59 Å². The number of nitrogens with two attached hydrogens (primary N) is 1. The predicted octanol–water partition coefficient (Wildman–Crippen LogP) is 0.254. The molecule has 20 heavy (non-hydrogen) atoms. The average molecular weight is 273 g/mol. The summed E-state index contributed by atoms with van der Waals surface area (Å²) in [5, 5.41) is 5.54. The Morgan fingerprint density at radius 1 is 1.25 bits per heavy atom. The molecule has 2 atom stereocenters. The molecular weight excluding hydrogens is 254 g/mol. The fourth-order valence-electron chi connectivity index (χ4n) is 2.99. The maximum Gasteiger partial charge on any atom is 0.235 e. The van der Waals surface area contributed by atoms with Crippen LogP contribution in [0.15, 0.2) is 24.3 Å². The van der Waals surface area contributed by atoms with Gasteiger partial charge in [-0.25, -0.2) is 0 Å². The van der Waals surface area contributed by atoms with E-state index in [4.69, 9.17) is 5.73 Å². The standard InChI is InChI=1S/C15H19N3O2/c1-17-13(19)15(6-7-15)14(20)18-11-8-9-4-2-3-5-10(9)12(11)16/h2-5,11-12H,6-8,16H2,1H3,(H,17,19)(H,18,20)/t11-,12-/m1/s1. The zero-order valence-corrected chi connectivity index (χ0v) is 11.5. The third-order valence-electron chi connectivity index (χ3n) is 4.45. The minimum absolute atomic E-state index is 0.123. The Bertz CT molecular complexity index is 566. The molecule has 0 unspecified atom stereocenters. The lowest BCUT2D eigenvalue weighted by Crippen LogP contribution is -2.48. The summed E-state index contributed by atoms with van der Waals surface area (Å²) in [5.74, 6) is -0.385. The zero-order chi connectivity index (χ0) is 14.3. The lowest BCUT2D eigenvalue weighted by atomic mass is 10.0. The third kappa shape index (κ3) is 1.89. The summed E-state index contributed by atoms with van der Waals surface area (Å²) >= 11 is 0. The Labute approximate surface area is 117 Å². The minimum atomic E-state index is -0.858. The number of hydrogen-bond donors (Lipinski definition) is 3. The van der Waals surface area contributed by atoms with Gasteiger partial charge in [0.05, 0.1) is 12.1 Å². The van der Waals surface area contributed by atoms with Crippen molar-refractivity contribution in [3.63, 3.8) is 0 Å². The average Bonchev–Trinajstić information content (AvgIpc) is 3.22. The van der Waals surface area contributed by atoms with E-state index in [1.54, 1.807) is 7.05 Å². The summed E-state index contributed by atoms with van der Waals surface area (Å²) < 4.78 is 0. The largest absolute Gasteiger partial charge is 0.358 e. The fourth-order valence-corrected chi connectivity index (χ4v) is 2.99. The van der Waals surface area contributed by atoms with E-state index in [1.165, 1.54) is 5.56 Å². The second-order valence-corrected chi connectivity index (χ2v) is 5.67. The van der Waals surface area contributed by atoms with Crippen LogP contribution in [0.5, 0.6) is 0 Å². The van der Waals surface area contributed by atoms with Gasteiger partial charge in [-0.1, -0.05) is 24.3 Å². The van der Waals surface area contributed by atoms with Gasteiger partial charge < -0.3 is 16.4 Å². The van der Waals surface area contributed by atoms with E-state index in [-0.39, 0.29) is 23.9 Å². The molecule has 5 nitrogen and oxygen atoms in total. The maximum absolute atomic E-state index is 12.4. The Hall–Kier alpha value is -1.88. The molecule has 0 spiro atoms. The van der Waals surface area contributed by atoms with Crippen molar-refractivity contribution in [3.8, 4) is 0 Å². The molecule has 2 aliphatic carbocycles. The molecule has 2 aliphatic rings. The van der Waals surface area contributed by atoms with E-state index in [0.29, 0.717) is 12.8 Å². The second kappa shape index (κ2) is 4.59. The number of rotatable bonds is 3. The third-order valence-corrected chi connectivity index (χ3v) is 4.45. The SMILES string of the molecule is CNC(=O)C1(C(=O)N[C@@H]2Cc3ccccc3[C@H]2N)CC1. The lowest BCUT2D eigenvalue weighted by molar-refractivity contribution is -0.137. The van der Waals surface area contributed by atoms with Crippen molar-refractivity contribution in [2.45, 2.75) is 31.3 Å². The Morgan fingerprint density at radius 2 is 1.95 bits per heavy atom. The van der Waals surface area contributed by atoms with Gasteiger partial charge in [-0.15, -0.1) is 0 Å². The zero-order valence-electron chi connectivity index (χ0n) is 11.5. The number of carbonyl (C=O) groups excluding carboxylic acids is 2. The predicted molar refractivity (Wildman–Crippen MR) is 74.7 cm³/mol. The molecule has 4 N–H and O–H groups in total. The maximum atomic E-state index is 12.4. The van der Waals surface area contributed by atoms with E-state index in [2.05, 4.69) is 10.6 Å². The van der Waals surface area contributed by atoms with Gasteiger partial charge in [0, 0.05) is 7.05 Å². The van der Waals surface area contributed by atoms with Crippen LogP contribution < -0.4 is 16.4 Å². The number of amides is 2. The van der Waals surface area contributed by atoms with Gasteiger partial charge in [-0.05, 0) is 30.4 Å². The van der Waals surface area contributed by atoms with Crippen LogP contribution in [0.1, 0.15) is 30.0 Å². The highest BCUT2D eigenvalue weighted by molar-refractivity contribution is 6.07. The molecule has 3 rings (SSSR count). The molecule has 0 heterocycles. The summed E-state index contributed by atoms with van der Waals surface area (Å²) in [7, 11) is 1.56. The first-order valence-corrected chi connectivity index (χ1v) is 6.95. The van der Waals surface area contributed by atoms with Crippen molar-refractivity contribution < 1.29 is 9.59 Å². The van der Waals surface area contributed by atoms with Gasteiger partial charge in [0.15, 0.2) is 0 Å². The lowest BCUT2D eigenvalue weighted by Gasteiger charge is -2.21. The van der Waals surface area contributed by atoms with Gasteiger partial charge >= 0.3 is 0 Å². The van der Waals surface area contributed by atoms with Crippen LogP contribution in [0.25, 0.3) is 0 Å². The Morgan fingerprint density at radius 3 is 2.55 bits per heavy atom. The first-order valence-electron chi connectivity index (χ1n) is 6.95. The fraction of sp³-hybridized carbons (Fsp3) is 0.467. The van der Waals surface area contributed by atoms with Crippen molar-refractivity contribution >= 4 is 11.8 Å². The monoisotopic (exact) mass is 273 g/mol. The van der Waals surface area contributed by atoms with Crippen LogP contribution in [0.3, 0.4) is 0 Å². The minimum Gasteiger partial charge on any atom is -0.358 e. The molecule has 2 amide bonds. The summed E-state index contributed by atoms with van der Waals surface area (Å²) in [6, 6.07) is 7.64. The molecule has 1 aromatic carbocycles. The summed E-state index contributed by atoms with van der Waals surface area (Å²) in [5.41, 5.74) is 7.60. The van der Waals surface area contributed by atoms with Crippen LogP contribution in [0, 0.1) is 5.41 Å². The molecule has 1 saturated carbocycles. The van der Waals surface area contributed by atoms with Crippen LogP contribution >= 0.6 is 0 Å². The number of hydrogen-bond acceptors (Lipinski definition) is 3. The molecule has 1 fully saturated rings. The quantitative estimate of drug-likeness (QED) is 0.690. The van der Waals surface area contributed by atoms with Crippen molar-refractivity contribution in [1.29, 1.82) is 0 Å². The summed E-state index contributed by atoms with van der Waals surface area (Å²) in [6.07, 6.45) is 1.97. The summed E-state index contributed by atoms with van der Waals surface area (Å²) in [4.78, 5) is 24.2. The van der Waals surface area contributed by atoms with Crippen LogP contribution in [-0.4, -0.2) is 24.9 Å². The molecule has 106 valence electrons. The van der Waals surface area contributed by atoms with Gasteiger partial charge in [-0.2, -0.15) is 0 Å².